The SMILES string of the molecule is N=C1/C(=C/c2ccc(OCc3ccc(F)cc3)cc2)C(=O)N=C2SC(C3CCCCC3)=NN12. The van der Waals surface area contributed by atoms with Gasteiger partial charge in [0.15, 0.2) is 5.84 Å². The van der Waals surface area contributed by atoms with Crippen molar-refractivity contribution in [3.63, 3.8) is 0 Å². The number of hydrogen-bond donors (Lipinski definition) is 1. The number of benzene rings is 2. The van der Waals surface area contributed by atoms with Gasteiger partial charge in [0, 0.05) is 5.92 Å². The van der Waals surface area contributed by atoms with Crippen LogP contribution in [-0.4, -0.2) is 27.0 Å². The first-order valence-electron chi connectivity index (χ1n) is 11.0. The summed E-state index contributed by atoms with van der Waals surface area (Å²) >= 11 is 1.42. The van der Waals surface area contributed by atoms with E-state index in [2.05, 4.69) is 10.1 Å². The summed E-state index contributed by atoms with van der Waals surface area (Å²) in [6, 6.07) is 13.4. The lowest BCUT2D eigenvalue weighted by atomic mass is 9.90. The van der Waals surface area contributed by atoms with Gasteiger partial charge in [0.05, 0.1) is 5.57 Å². The molecule has 0 aromatic heterocycles. The molecular weight excluding hydrogens is 439 g/mol. The molecule has 168 valence electrons. The molecule has 0 bridgehead atoms. The maximum absolute atomic E-state index is 13.0. The van der Waals surface area contributed by atoms with E-state index in [4.69, 9.17) is 10.1 Å². The van der Waals surface area contributed by atoms with E-state index in [-0.39, 0.29) is 17.2 Å². The van der Waals surface area contributed by atoms with Gasteiger partial charge in [0.1, 0.15) is 23.2 Å². The fourth-order valence-corrected chi connectivity index (χ4v) is 5.15. The first kappa shape index (κ1) is 21.6. The normalized spacial score (nSPS) is 20.0. The molecule has 2 aromatic rings. The molecule has 1 aliphatic carbocycles. The van der Waals surface area contributed by atoms with Gasteiger partial charge in [-0.05, 0) is 66.1 Å². The van der Waals surface area contributed by atoms with Gasteiger partial charge in [0.2, 0.25) is 5.17 Å². The van der Waals surface area contributed by atoms with Crippen LogP contribution >= 0.6 is 11.8 Å². The number of ether oxygens (including phenoxy) is 1. The van der Waals surface area contributed by atoms with Crippen molar-refractivity contribution >= 4 is 39.8 Å². The highest BCUT2D eigenvalue weighted by atomic mass is 32.2. The topological polar surface area (TPSA) is 78.1 Å². The van der Waals surface area contributed by atoms with Crippen molar-refractivity contribution in [2.75, 3.05) is 0 Å². The molecule has 6 nitrogen and oxygen atoms in total. The highest BCUT2D eigenvalue weighted by molar-refractivity contribution is 8.27. The Labute approximate surface area is 195 Å². The number of hydrazone groups is 1. The number of thioether (sulfide) groups is 1. The summed E-state index contributed by atoms with van der Waals surface area (Å²) < 4.78 is 18.8. The largest absolute Gasteiger partial charge is 0.489 e. The minimum Gasteiger partial charge on any atom is -0.489 e. The van der Waals surface area contributed by atoms with Crippen LogP contribution in [0.1, 0.15) is 43.2 Å². The minimum atomic E-state index is -0.421. The monoisotopic (exact) mass is 462 g/mol. The van der Waals surface area contributed by atoms with E-state index in [0.29, 0.717) is 23.4 Å². The third kappa shape index (κ3) is 4.75. The molecule has 8 heteroatoms. The maximum Gasteiger partial charge on any atom is 0.283 e. The lowest BCUT2D eigenvalue weighted by Gasteiger charge is -2.20. The molecular formula is C25H23FN4O2S. The van der Waals surface area contributed by atoms with Gasteiger partial charge in [0.25, 0.3) is 5.91 Å². The third-order valence-corrected chi connectivity index (χ3v) is 7.01. The van der Waals surface area contributed by atoms with E-state index in [9.17, 15) is 9.18 Å². The summed E-state index contributed by atoms with van der Waals surface area (Å²) in [6.07, 6.45) is 7.52. The molecule has 1 fully saturated rings. The Kier molecular flexibility index (Phi) is 6.09. The van der Waals surface area contributed by atoms with E-state index in [1.54, 1.807) is 30.3 Å². The molecule has 33 heavy (non-hydrogen) atoms. The Morgan fingerprint density at radius 1 is 1.09 bits per heavy atom. The average Bonchev–Trinajstić information content (AvgIpc) is 3.27. The lowest BCUT2D eigenvalue weighted by molar-refractivity contribution is -0.114. The second-order valence-corrected chi connectivity index (χ2v) is 9.26. The van der Waals surface area contributed by atoms with Gasteiger partial charge in [-0.3, -0.25) is 10.2 Å². The summed E-state index contributed by atoms with van der Waals surface area (Å²) in [6.45, 7) is 0.329. The summed E-state index contributed by atoms with van der Waals surface area (Å²) in [5.74, 6) is 0.411. The molecule has 0 spiro atoms. The molecule has 0 unspecified atom stereocenters. The Hall–Kier alpha value is -3.26. The second-order valence-electron chi connectivity index (χ2n) is 8.28. The predicted molar refractivity (Wildman–Crippen MR) is 129 cm³/mol. The molecule has 1 N–H and O–H groups in total. The van der Waals surface area contributed by atoms with Crippen LogP contribution in [0, 0.1) is 17.1 Å². The van der Waals surface area contributed by atoms with Crippen molar-refractivity contribution in [3.05, 3.63) is 71.0 Å². The Bertz CT molecular complexity index is 1170. The van der Waals surface area contributed by atoms with Gasteiger partial charge in [-0.15, -0.1) is 0 Å². The highest BCUT2D eigenvalue weighted by Gasteiger charge is 2.37. The van der Waals surface area contributed by atoms with Crippen LogP contribution in [0.2, 0.25) is 0 Å². The summed E-state index contributed by atoms with van der Waals surface area (Å²) in [7, 11) is 0. The van der Waals surface area contributed by atoms with Crippen molar-refractivity contribution in [1.82, 2.24) is 5.01 Å². The molecule has 5 rings (SSSR count). The zero-order valence-corrected chi connectivity index (χ0v) is 18.8. The maximum atomic E-state index is 13.0. The van der Waals surface area contributed by atoms with E-state index in [0.717, 1.165) is 29.0 Å². The van der Waals surface area contributed by atoms with Crippen molar-refractivity contribution < 1.29 is 13.9 Å². The van der Waals surface area contributed by atoms with E-state index in [1.807, 2.05) is 12.1 Å². The van der Waals surface area contributed by atoms with Crippen molar-refractivity contribution in [2.45, 2.75) is 38.7 Å². The smallest absolute Gasteiger partial charge is 0.283 e. The number of amides is 1. The van der Waals surface area contributed by atoms with Crippen LogP contribution in [0.5, 0.6) is 5.75 Å². The average molecular weight is 463 g/mol. The van der Waals surface area contributed by atoms with E-state index < -0.39 is 5.91 Å². The number of hydrogen-bond acceptors (Lipinski definition) is 5. The minimum absolute atomic E-state index is 0.0555. The number of carbonyl (C=O) groups is 1. The first-order chi connectivity index (χ1) is 16.1. The Morgan fingerprint density at radius 3 is 2.55 bits per heavy atom. The Morgan fingerprint density at radius 2 is 1.82 bits per heavy atom. The molecule has 0 saturated heterocycles. The molecule has 2 aliphatic heterocycles. The van der Waals surface area contributed by atoms with Gasteiger partial charge in [-0.25, -0.2) is 4.39 Å². The summed E-state index contributed by atoms with van der Waals surface area (Å²) in [5, 5.41) is 16.1. The number of rotatable bonds is 5. The van der Waals surface area contributed by atoms with Crippen molar-refractivity contribution in [2.24, 2.45) is 16.0 Å². The van der Waals surface area contributed by atoms with Crippen LogP contribution in [0.4, 0.5) is 4.39 Å². The number of carbonyl (C=O) groups excluding carboxylic acids is 1. The molecule has 3 aliphatic rings. The van der Waals surface area contributed by atoms with E-state index >= 15 is 0 Å². The van der Waals surface area contributed by atoms with Crippen LogP contribution in [-0.2, 0) is 11.4 Å². The zero-order chi connectivity index (χ0) is 22.8. The number of nitrogens with zero attached hydrogens (tertiary/aromatic N) is 3. The number of fused-ring (bicyclic) bond motifs is 1. The number of halogens is 1. The zero-order valence-electron chi connectivity index (χ0n) is 18.0. The van der Waals surface area contributed by atoms with Crippen LogP contribution in [0.3, 0.4) is 0 Å². The fraction of sp³-hybridized carbons (Fsp3) is 0.280. The number of amidine groups is 2. The summed E-state index contributed by atoms with van der Waals surface area (Å²) in [5.41, 5.74) is 1.85. The van der Waals surface area contributed by atoms with Gasteiger partial charge in [-0.2, -0.15) is 15.1 Å². The molecule has 0 atom stereocenters. The quantitative estimate of drug-likeness (QED) is 0.587. The molecule has 1 amide bonds. The second kappa shape index (κ2) is 9.31. The highest BCUT2D eigenvalue weighted by Crippen LogP contribution is 2.36. The van der Waals surface area contributed by atoms with Crippen LogP contribution < -0.4 is 4.74 Å². The molecule has 0 radical (unpaired) electrons. The standard InChI is InChI=1S/C25H23FN4O2S/c26-19-10-6-17(7-11-19)15-32-20-12-8-16(9-13-20)14-21-22(27)30-25(28-23(21)31)33-24(29-30)18-4-2-1-3-5-18/h6-14,18,27H,1-5,15H2/b21-14-,27-22?. The molecule has 2 heterocycles. The van der Waals surface area contributed by atoms with Crippen molar-refractivity contribution in [1.29, 1.82) is 5.41 Å². The van der Waals surface area contributed by atoms with E-state index in [1.165, 1.54) is 48.2 Å². The predicted octanol–water partition coefficient (Wildman–Crippen LogP) is 5.60. The van der Waals surface area contributed by atoms with Crippen LogP contribution in [0.15, 0.2) is 64.2 Å². The number of nitrogens with one attached hydrogen (secondary N) is 1. The third-order valence-electron chi connectivity index (χ3n) is 5.93. The van der Waals surface area contributed by atoms with Crippen LogP contribution in [0.25, 0.3) is 6.08 Å². The summed E-state index contributed by atoms with van der Waals surface area (Å²) in [4.78, 5) is 16.8. The van der Waals surface area contributed by atoms with Gasteiger partial charge < -0.3 is 4.74 Å². The van der Waals surface area contributed by atoms with Gasteiger partial charge >= 0.3 is 0 Å². The lowest BCUT2D eigenvalue weighted by Crippen LogP contribution is -2.35. The Balaban J connectivity index is 1.28. The van der Waals surface area contributed by atoms with Gasteiger partial charge in [-0.1, -0.05) is 43.5 Å². The van der Waals surface area contributed by atoms with Crippen molar-refractivity contribution in [3.8, 4) is 5.75 Å². The number of aliphatic imine (C=N–C) groups is 1. The first-order valence-corrected chi connectivity index (χ1v) is 11.9. The molecule has 1 saturated carbocycles. The fourth-order valence-electron chi connectivity index (χ4n) is 4.10. The molecule has 2 aromatic carbocycles.